The number of carbonyl (C=O) groups is 3. The topological polar surface area (TPSA) is 133 Å². The molecule has 0 bridgehead atoms. The number of allylic oxidation sites excluding steroid dienone is 1. The number of aliphatic hydroxyl groups is 1. The van der Waals surface area contributed by atoms with Crippen molar-refractivity contribution >= 4 is 27.7 Å². The van der Waals surface area contributed by atoms with Crippen molar-refractivity contribution in [2.45, 2.75) is 77.4 Å². The number of hydrogen-bond acceptors (Lipinski definition) is 9. The summed E-state index contributed by atoms with van der Waals surface area (Å²) < 4.78 is 39.3. The summed E-state index contributed by atoms with van der Waals surface area (Å²) in [6.45, 7) is 5.63. The molecule has 9 nitrogen and oxygen atoms in total. The van der Waals surface area contributed by atoms with E-state index >= 15 is 0 Å². The van der Waals surface area contributed by atoms with E-state index in [-0.39, 0.29) is 48.4 Å². The van der Waals surface area contributed by atoms with Crippen LogP contribution in [0.2, 0.25) is 0 Å². The summed E-state index contributed by atoms with van der Waals surface area (Å²) in [5.41, 5.74) is -1.95. The van der Waals surface area contributed by atoms with Gasteiger partial charge in [0, 0.05) is 18.1 Å². The third kappa shape index (κ3) is 4.20. The van der Waals surface area contributed by atoms with Crippen LogP contribution in [0.1, 0.15) is 65.7 Å². The van der Waals surface area contributed by atoms with Crippen molar-refractivity contribution in [3.05, 3.63) is 11.6 Å². The molecule has 10 heteroatoms. The quantitative estimate of drug-likeness (QED) is 0.552. The van der Waals surface area contributed by atoms with Crippen LogP contribution in [0.25, 0.3) is 0 Å². The van der Waals surface area contributed by atoms with Crippen molar-refractivity contribution in [1.29, 1.82) is 0 Å². The third-order valence-corrected chi connectivity index (χ3v) is 9.82. The van der Waals surface area contributed by atoms with E-state index in [9.17, 15) is 27.9 Å². The molecular weight excluding hydrogens is 476 g/mol. The maximum atomic E-state index is 13.5. The van der Waals surface area contributed by atoms with Gasteiger partial charge in [0.2, 0.25) is 5.60 Å². The molecule has 3 fully saturated rings. The lowest BCUT2D eigenvalue weighted by Gasteiger charge is -2.60. The fourth-order valence-corrected chi connectivity index (χ4v) is 8.11. The number of sulfone groups is 1. The van der Waals surface area contributed by atoms with Crippen LogP contribution >= 0.6 is 0 Å². The molecule has 0 aliphatic heterocycles. The first-order chi connectivity index (χ1) is 16.3. The maximum absolute atomic E-state index is 13.5. The average molecular weight is 513 g/mol. The Morgan fingerprint density at radius 1 is 1.14 bits per heavy atom. The lowest BCUT2D eigenvalue weighted by atomic mass is 9.45. The van der Waals surface area contributed by atoms with Gasteiger partial charge in [0.05, 0.1) is 12.7 Å². The molecule has 2 unspecified atom stereocenters. The molecular formula is C25H36O9S. The Balaban J connectivity index is 1.72. The monoisotopic (exact) mass is 512 g/mol. The van der Waals surface area contributed by atoms with Gasteiger partial charge >= 0.3 is 12.1 Å². The van der Waals surface area contributed by atoms with Crippen molar-refractivity contribution in [1.82, 2.24) is 0 Å². The van der Waals surface area contributed by atoms with E-state index in [4.69, 9.17) is 14.2 Å². The summed E-state index contributed by atoms with van der Waals surface area (Å²) in [6, 6.07) is 0. The number of carbonyl (C=O) groups excluding carboxylic acids is 3. The van der Waals surface area contributed by atoms with Crippen LogP contribution in [0.3, 0.4) is 0 Å². The van der Waals surface area contributed by atoms with Crippen LogP contribution in [0.15, 0.2) is 11.6 Å². The molecule has 196 valence electrons. The van der Waals surface area contributed by atoms with Gasteiger partial charge in [-0.05, 0) is 74.7 Å². The Morgan fingerprint density at radius 2 is 1.86 bits per heavy atom. The van der Waals surface area contributed by atoms with E-state index in [1.165, 1.54) is 0 Å². The first-order valence-corrected chi connectivity index (χ1v) is 14.5. The van der Waals surface area contributed by atoms with Gasteiger partial charge in [-0.3, -0.25) is 4.79 Å². The van der Waals surface area contributed by atoms with Gasteiger partial charge < -0.3 is 19.3 Å². The van der Waals surface area contributed by atoms with Crippen molar-refractivity contribution in [2.24, 2.45) is 28.6 Å². The van der Waals surface area contributed by atoms with Gasteiger partial charge in [-0.25, -0.2) is 18.0 Å². The normalized spacial score (nSPS) is 40.6. The molecule has 3 saturated carbocycles. The van der Waals surface area contributed by atoms with Crippen LogP contribution in [-0.4, -0.2) is 61.9 Å². The Kier molecular flexibility index (Phi) is 6.62. The molecule has 0 aromatic rings. The van der Waals surface area contributed by atoms with Crippen LogP contribution in [0, 0.1) is 28.6 Å². The van der Waals surface area contributed by atoms with E-state index < -0.39 is 45.0 Å². The standard InChI is InChI=1S/C25H36O9S/c1-5-32-22(29)34-25(21(28)33-14-35(4,30)31)11-9-18-17-7-6-15-12-16(26)8-10-23(15,2)20(17)19(27)13-24(18,25)3/h12,17-20,27H,5-11,13-14H2,1-4H3/t17-,18-,19?,20-,23-,24-,25?/m0/s1. The predicted octanol–water partition coefficient (Wildman–Crippen LogP) is 2.95. The van der Waals surface area contributed by atoms with Crippen LogP contribution < -0.4 is 0 Å². The second kappa shape index (κ2) is 8.87. The van der Waals surface area contributed by atoms with Crippen molar-refractivity contribution in [3.8, 4) is 0 Å². The van der Waals surface area contributed by atoms with Crippen LogP contribution in [0.5, 0.6) is 0 Å². The van der Waals surface area contributed by atoms with E-state index in [0.717, 1.165) is 24.7 Å². The summed E-state index contributed by atoms with van der Waals surface area (Å²) >= 11 is 0. The lowest BCUT2D eigenvalue weighted by molar-refractivity contribution is -0.202. The molecule has 0 aromatic carbocycles. The summed E-state index contributed by atoms with van der Waals surface area (Å²) in [5.74, 6) is -1.71. The van der Waals surface area contributed by atoms with E-state index in [1.807, 2.05) is 6.92 Å². The van der Waals surface area contributed by atoms with Gasteiger partial charge in [-0.2, -0.15) is 0 Å². The molecule has 1 N–H and O–H groups in total. The number of ketones is 1. The van der Waals surface area contributed by atoms with Gasteiger partial charge in [-0.15, -0.1) is 0 Å². The highest BCUT2D eigenvalue weighted by atomic mass is 32.2. The fourth-order valence-electron chi connectivity index (χ4n) is 7.79. The molecule has 4 rings (SSSR count). The van der Waals surface area contributed by atoms with Crippen LogP contribution in [-0.2, 0) is 33.6 Å². The minimum Gasteiger partial charge on any atom is -0.446 e. The number of ether oxygens (including phenoxy) is 3. The third-order valence-electron chi connectivity index (χ3n) is 9.27. The summed E-state index contributed by atoms with van der Waals surface area (Å²) in [5, 5.41) is 11.6. The summed E-state index contributed by atoms with van der Waals surface area (Å²) in [4.78, 5) is 38.0. The SMILES string of the molecule is CCOC(=O)OC1(C(=O)OCS(C)(=O)=O)CC[C@H]2[C@@H]3CCC4=CC(=O)CC[C@]4(C)[C@@H]3C(O)C[C@@]21C. The predicted molar refractivity (Wildman–Crippen MR) is 125 cm³/mol. The first kappa shape index (κ1) is 26.1. The minimum absolute atomic E-state index is 0.0486. The molecule has 0 aromatic heterocycles. The van der Waals surface area contributed by atoms with Crippen molar-refractivity contribution in [2.75, 3.05) is 18.8 Å². The number of aliphatic hydroxyl groups excluding tert-OH is 1. The van der Waals surface area contributed by atoms with E-state index in [0.29, 0.717) is 19.3 Å². The molecule has 0 heterocycles. The van der Waals surface area contributed by atoms with Gasteiger partial charge in [-0.1, -0.05) is 19.4 Å². The minimum atomic E-state index is -3.62. The zero-order chi connectivity index (χ0) is 25.8. The molecule has 0 radical (unpaired) electrons. The molecule has 4 aliphatic rings. The van der Waals surface area contributed by atoms with Gasteiger partial charge in [0.15, 0.2) is 21.6 Å². The number of hydrogen-bond donors (Lipinski definition) is 1. The van der Waals surface area contributed by atoms with E-state index in [2.05, 4.69) is 6.92 Å². The van der Waals surface area contributed by atoms with Gasteiger partial charge in [0.1, 0.15) is 0 Å². The molecule has 35 heavy (non-hydrogen) atoms. The maximum Gasteiger partial charge on any atom is 0.509 e. The highest BCUT2D eigenvalue weighted by Crippen LogP contribution is 2.68. The lowest BCUT2D eigenvalue weighted by Crippen LogP contribution is -2.63. The zero-order valence-corrected chi connectivity index (χ0v) is 21.7. The van der Waals surface area contributed by atoms with Gasteiger partial charge in [0.25, 0.3) is 0 Å². The van der Waals surface area contributed by atoms with Crippen LogP contribution in [0.4, 0.5) is 4.79 Å². The highest BCUT2D eigenvalue weighted by Gasteiger charge is 2.71. The second-order valence-corrected chi connectivity index (χ2v) is 13.3. The number of rotatable bonds is 5. The number of esters is 1. The fraction of sp³-hybridized carbons (Fsp3) is 0.800. The largest absolute Gasteiger partial charge is 0.509 e. The summed E-state index contributed by atoms with van der Waals surface area (Å²) in [6.07, 6.45) is 4.42. The average Bonchev–Trinajstić information content (AvgIpc) is 3.04. The molecule has 0 spiro atoms. The Labute approximate surface area is 206 Å². The molecule has 0 saturated heterocycles. The zero-order valence-electron chi connectivity index (χ0n) is 20.9. The Bertz CT molecular complexity index is 1050. The number of fused-ring (bicyclic) bond motifs is 5. The Morgan fingerprint density at radius 3 is 2.51 bits per heavy atom. The molecule has 0 amide bonds. The molecule has 4 aliphatic carbocycles. The van der Waals surface area contributed by atoms with Crippen molar-refractivity contribution in [3.63, 3.8) is 0 Å². The Hall–Kier alpha value is -1.94. The summed E-state index contributed by atoms with van der Waals surface area (Å²) in [7, 11) is -3.62. The second-order valence-electron chi connectivity index (χ2n) is 11.2. The van der Waals surface area contributed by atoms with Crippen molar-refractivity contribution < 1.29 is 42.1 Å². The van der Waals surface area contributed by atoms with E-state index in [1.54, 1.807) is 13.0 Å². The smallest absolute Gasteiger partial charge is 0.446 e. The first-order valence-electron chi connectivity index (χ1n) is 12.4. The highest BCUT2D eigenvalue weighted by molar-refractivity contribution is 7.90. The molecule has 7 atom stereocenters.